The molecule has 0 bridgehead atoms. The van der Waals surface area contributed by atoms with E-state index in [2.05, 4.69) is 0 Å². The maximum absolute atomic E-state index is 12.8. The van der Waals surface area contributed by atoms with E-state index in [1.807, 2.05) is 6.92 Å². The summed E-state index contributed by atoms with van der Waals surface area (Å²) in [4.78, 5) is 1.04. The molecular weight excluding hydrogens is 313 g/mol. The summed E-state index contributed by atoms with van der Waals surface area (Å²) in [5, 5.41) is 10.1. The summed E-state index contributed by atoms with van der Waals surface area (Å²) >= 11 is 1.39. The van der Waals surface area contributed by atoms with E-state index in [0.717, 1.165) is 28.3 Å². The van der Waals surface area contributed by atoms with Crippen molar-refractivity contribution in [2.75, 3.05) is 20.3 Å². The highest BCUT2D eigenvalue weighted by Gasteiger charge is 2.31. The molecule has 0 amide bonds. The fraction of sp³-hybridized carbons (Fsp3) is 0.500. The minimum Gasteiger partial charge on any atom is -0.396 e. The Hall–Kier alpha value is -1.11. The summed E-state index contributed by atoms with van der Waals surface area (Å²) in [6.45, 7) is 2.54. The quantitative estimate of drug-likeness (QED) is 0.828. The first-order valence-electron chi connectivity index (χ1n) is 7.08. The third kappa shape index (κ3) is 3.62. The molecule has 0 aliphatic carbocycles. The molecular formula is C16H19F3O2S. The smallest absolute Gasteiger partial charge is 0.396 e. The standard InChI is InChI=1S/C16H19F3O2S/c1-10-13-4-3-12(16(17,18)19)9-14(13)22-15(10)11(5-7-20)6-8-21-2/h3-4,9,11,20H,5-8H2,1-2H3. The molecule has 1 heterocycles. The normalized spacial score (nSPS) is 13.7. The minimum absolute atomic E-state index is 0.0515. The monoisotopic (exact) mass is 332 g/mol. The van der Waals surface area contributed by atoms with Crippen LogP contribution < -0.4 is 0 Å². The summed E-state index contributed by atoms with van der Waals surface area (Å²) < 4.78 is 44.2. The molecule has 0 saturated carbocycles. The van der Waals surface area contributed by atoms with Gasteiger partial charge in [0.05, 0.1) is 5.56 Å². The van der Waals surface area contributed by atoms with Crippen LogP contribution in [0, 0.1) is 6.92 Å². The van der Waals surface area contributed by atoms with Crippen LogP contribution in [-0.4, -0.2) is 25.4 Å². The number of hydrogen-bond donors (Lipinski definition) is 1. The van der Waals surface area contributed by atoms with Crippen molar-refractivity contribution in [1.29, 1.82) is 0 Å². The molecule has 22 heavy (non-hydrogen) atoms. The Labute approximate surface area is 131 Å². The second-order valence-corrected chi connectivity index (χ2v) is 6.37. The van der Waals surface area contributed by atoms with Gasteiger partial charge in [0.1, 0.15) is 0 Å². The zero-order valence-electron chi connectivity index (χ0n) is 12.5. The second-order valence-electron chi connectivity index (χ2n) is 5.29. The third-order valence-electron chi connectivity index (χ3n) is 3.82. The van der Waals surface area contributed by atoms with Gasteiger partial charge in [0.15, 0.2) is 0 Å². The summed E-state index contributed by atoms with van der Waals surface area (Å²) in [7, 11) is 1.61. The lowest BCUT2D eigenvalue weighted by Gasteiger charge is -2.14. The van der Waals surface area contributed by atoms with Gasteiger partial charge in [-0.05, 0) is 48.8 Å². The zero-order valence-corrected chi connectivity index (χ0v) is 13.4. The minimum atomic E-state index is -4.33. The number of hydrogen-bond acceptors (Lipinski definition) is 3. The molecule has 122 valence electrons. The average Bonchev–Trinajstić information content (AvgIpc) is 2.79. The Morgan fingerprint density at radius 3 is 2.59 bits per heavy atom. The van der Waals surface area contributed by atoms with E-state index in [1.165, 1.54) is 17.4 Å². The van der Waals surface area contributed by atoms with Crippen molar-refractivity contribution in [3.8, 4) is 0 Å². The first-order chi connectivity index (χ1) is 10.4. The number of alkyl halides is 3. The first-order valence-corrected chi connectivity index (χ1v) is 7.90. The van der Waals surface area contributed by atoms with Crippen molar-refractivity contribution in [2.24, 2.45) is 0 Å². The number of halogens is 3. The zero-order chi connectivity index (χ0) is 16.3. The summed E-state index contributed by atoms with van der Waals surface area (Å²) in [5.41, 5.74) is 0.381. The van der Waals surface area contributed by atoms with Gasteiger partial charge in [-0.3, -0.25) is 0 Å². The van der Waals surface area contributed by atoms with Crippen molar-refractivity contribution >= 4 is 21.4 Å². The number of rotatable bonds is 6. The number of aliphatic hydroxyl groups is 1. The van der Waals surface area contributed by atoms with Crippen LogP contribution in [0.1, 0.15) is 34.8 Å². The predicted octanol–water partition coefficient (Wildman–Crippen LogP) is 4.73. The van der Waals surface area contributed by atoms with Gasteiger partial charge in [0.25, 0.3) is 0 Å². The van der Waals surface area contributed by atoms with Gasteiger partial charge >= 0.3 is 6.18 Å². The lowest BCUT2D eigenvalue weighted by atomic mass is 9.96. The molecule has 2 nitrogen and oxygen atoms in total. The van der Waals surface area contributed by atoms with Crippen molar-refractivity contribution in [3.63, 3.8) is 0 Å². The molecule has 0 spiro atoms. The Morgan fingerprint density at radius 2 is 2.00 bits per heavy atom. The summed E-state index contributed by atoms with van der Waals surface area (Å²) in [6, 6.07) is 3.88. The Kier molecular flexibility index (Phi) is 5.47. The van der Waals surface area contributed by atoms with Crippen LogP contribution in [0.5, 0.6) is 0 Å². The molecule has 1 N–H and O–H groups in total. The molecule has 2 rings (SSSR count). The first kappa shape index (κ1) is 17.2. The SMILES string of the molecule is COCCC(CCO)c1sc2cc(C(F)(F)F)ccc2c1C. The van der Waals surface area contributed by atoms with E-state index in [0.29, 0.717) is 17.7 Å². The van der Waals surface area contributed by atoms with Crippen LogP contribution in [0.2, 0.25) is 0 Å². The Morgan fingerprint density at radius 1 is 1.27 bits per heavy atom. The maximum Gasteiger partial charge on any atom is 0.416 e. The molecule has 0 aliphatic rings. The lowest BCUT2D eigenvalue weighted by molar-refractivity contribution is -0.137. The average molecular weight is 332 g/mol. The van der Waals surface area contributed by atoms with Crippen molar-refractivity contribution in [2.45, 2.75) is 31.9 Å². The van der Waals surface area contributed by atoms with Crippen LogP contribution in [0.3, 0.4) is 0 Å². The van der Waals surface area contributed by atoms with E-state index < -0.39 is 11.7 Å². The van der Waals surface area contributed by atoms with Crippen LogP contribution in [0.4, 0.5) is 13.2 Å². The van der Waals surface area contributed by atoms with Crippen LogP contribution in [0.15, 0.2) is 18.2 Å². The number of ether oxygens (including phenoxy) is 1. The highest BCUT2D eigenvalue weighted by Crippen LogP contribution is 2.40. The van der Waals surface area contributed by atoms with Gasteiger partial charge in [-0.1, -0.05) is 6.07 Å². The Balaban J connectivity index is 2.43. The van der Waals surface area contributed by atoms with Crippen molar-refractivity contribution in [3.05, 3.63) is 34.2 Å². The molecule has 2 aromatic rings. The highest BCUT2D eigenvalue weighted by atomic mass is 32.1. The third-order valence-corrected chi connectivity index (χ3v) is 5.24. The van der Waals surface area contributed by atoms with Gasteiger partial charge in [-0.25, -0.2) is 0 Å². The molecule has 1 aromatic carbocycles. The number of benzene rings is 1. The number of methoxy groups -OCH3 is 1. The van der Waals surface area contributed by atoms with Crippen LogP contribution in [-0.2, 0) is 10.9 Å². The lowest BCUT2D eigenvalue weighted by Crippen LogP contribution is -2.04. The molecule has 0 fully saturated rings. The molecule has 1 atom stereocenters. The van der Waals surface area contributed by atoms with Gasteiger partial charge in [-0.15, -0.1) is 11.3 Å². The van der Waals surface area contributed by atoms with Crippen LogP contribution in [0.25, 0.3) is 10.1 Å². The summed E-state index contributed by atoms with van der Waals surface area (Å²) in [5.74, 6) is 0.108. The highest BCUT2D eigenvalue weighted by molar-refractivity contribution is 7.19. The topological polar surface area (TPSA) is 29.5 Å². The molecule has 6 heteroatoms. The van der Waals surface area contributed by atoms with E-state index in [-0.39, 0.29) is 12.5 Å². The molecule has 0 saturated heterocycles. The number of aryl methyl sites for hydroxylation is 1. The number of fused-ring (bicyclic) bond motifs is 1. The largest absolute Gasteiger partial charge is 0.416 e. The van der Waals surface area contributed by atoms with Gasteiger partial charge in [0.2, 0.25) is 0 Å². The van der Waals surface area contributed by atoms with E-state index in [1.54, 1.807) is 13.2 Å². The fourth-order valence-electron chi connectivity index (χ4n) is 2.63. The van der Waals surface area contributed by atoms with Crippen molar-refractivity contribution in [1.82, 2.24) is 0 Å². The van der Waals surface area contributed by atoms with Gasteiger partial charge in [0, 0.05) is 29.9 Å². The molecule has 1 unspecified atom stereocenters. The molecule has 0 aliphatic heterocycles. The van der Waals surface area contributed by atoms with Gasteiger partial charge < -0.3 is 9.84 Å². The Bertz CT molecular complexity index is 634. The van der Waals surface area contributed by atoms with Crippen LogP contribution >= 0.6 is 11.3 Å². The number of aliphatic hydroxyl groups excluding tert-OH is 1. The molecule has 1 aromatic heterocycles. The number of thiophene rings is 1. The van der Waals surface area contributed by atoms with Gasteiger partial charge in [-0.2, -0.15) is 13.2 Å². The summed E-state index contributed by atoms with van der Waals surface area (Å²) in [6.07, 6.45) is -2.99. The van der Waals surface area contributed by atoms with E-state index >= 15 is 0 Å². The molecule has 0 radical (unpaired) electrons. The van der Waals surface area contributed by atoms with Crippen molar-refractivity contribution < 1.29 is 23.0 Å². The maximum atomic E-state index is 12.8. The van der Waals surface area contributed by atoms with E-state index in [9.17, 15) is 18.3 Å². The predicted molar refractivity (Wildman–Crippen MR) is 82.5 cm³/mol. The second kappa shape index (κ2) is 6.98. The fourth-order valence-corrected chi connectivity index (χ4v) is 4.05. The van der Waals surface area contributed by atoms with E-state index in [4.69, 9.17) is 4.74 Å².